The minimum Gasteiger partial charge on any atom is -0.196 e. The molecule has 2 unspecified atom stereocenters. The third kappa shape index (κ3) is 1.41. The minimum atomic E-state index is -5.37. The molecule has 0 N–H and O–H groups in total. The van der Waals surface area contributed by atoms with Gasteiger partial charge in [0, 0.05) is 5.92 Å². The van der Waals surface area contributed by atoms with E-state index in [1.165, 1.54) is 0 Å². The van der Waals surface area contributed by atoms with Gasteiger partial charge < -0.3 is 0 Å². The summed E-state index contributed by atoms with van der Waals surface area (Å²) >= 11 is 0. The summed E-state index contributed by atoms with van der Waals surface area (Å²) in [5, 5.41) is 0. The molecule has 1 fully saturated rings. The summed E-state index contributed by atoms with van der Waals surface area (Å²) in [5.74, 6) is -6.39. The van der Waals surface area contributed by atoms with Gasteiger partial charge in [-0.3, -0.25) is 0 Å². The Bertz CT molecular complexity index is 171. The van der Waals surface area contributed by atoms with Crippen LogP contribution in [-0.4, -0.2) is 12.1 Å². The van der Waals surface area contributed by atoms with Gasteiger partial charge in [-0.1, -0.05) is 13.3 Å². The molecule has 0 amide bonds. The van der Waals surface area contributed by atoms with Crippen LogP contribution in [0, 0.1) is 11.8 Å². The van der Waals surface area contributed by atoms with Gasteiger partial charge in [-0.25, -0.2) is 0 Å². The van der Waals surface area contributed by atoms with Gasteiger partial charge in [0.2, 0.25) is 0 Å². The van der Waals surface area contributed by atoms with Crippen LogP contribution in [-0.2, 0) is 0 Å². The summed E-state index contributed by atoms with van der Waals surface area (Å²) in [6, 6.07) is 0. The maximum atomic E-state index is 12.4. The third-order valence-corrected chi connectivity index (χ3v) is 2.29. The van der Waals surface area contributed by atoms with E-state index in [4.69, 9.17) is 0 Å². The predicted molar refractivity (Wildman–Crippen MR) is 32.9 cm³/mol. The second kappa shape index (κ2) is 2.57. The first-order chi connectivity index (χ1) is 5.30. The van der Waals surface area contributed by atoms with Gasteiger partial charge in [-0.05, 0) is 12.3 Å². The number of halogens is 5. The van der Waals surface area contributed by atoms with E-state index in [-0.39, 0.29) is 6.42 Å². The number of hydrogen-bond donors (Lipinski definition) is 0. The smallest absolute Gasteiger partial charge is 0.196 e. The molecule has 0 aromatic carbocycles. The Morgan fingerprint density at radius 1 is 1.17 bits per heavy atom. The Balaban J connectivity index is 2.62. The summed E-state index contributed by atoms with van der Waals surface area (Å²) in [6.45, 7) is 1.62. The summed E-state index contributed by atoms with van der Waals surface area (Å²) in [7, 11) is 0. The van der Waals surface area contributed by atoms with Crippen LogP contribution in [0.1, 0.15) is 19.8 Å². The highest BCUT2D eigenvalue weighted by Crippen LogP contribution is 2.56. The van der Waals surface area contributed by atoms with Crippen molar-refractivity contribution in [3.63, 3.8) is 0 Å². The van der Waals surface area contributed by atoms with Crippen LogP contribution < -0.4 is 0 Å². The van der Waals surface area contributed by atoms with E-state index in [0.29, 0.717) is 6.42 Å². The highest BCUT2D eigenvalue weighted by Gasteiger charge is 2.68. The number of hydrogen-bond acceptors (Lipinski definition) is 0. The predicted octanol–water partition coefficient (Wildman–Crippen LogP) is 3.23. The van der Waals surface area contributed by atoms with Gasteiger partial charge in [0.25, 0.3) is 0 Å². The summed E-state index contributed by atoms with van der Waals surface area (Å²) in [5.41, 5.74) is 0. The van der Waals surface area contributed by atoms with Crippen molar-refractivity contribution in [2.24, 2.45) is 11.8 Å². The largest absolute Gasteiger partial charge is 0.453 e. The van der Waals surface area contributed by atoms with Crippen LogP contribution in [0.25, 0.3) is 0 Å². The van der Waals surface area contributed by atoms with Crippen molar-refractivity contribution in [2.45, 2.75) is 31.9 Å². The van der Waals surface area contributed by atoms with Gasteiger partial charge in [-0.15, -0.1) is 0 Å². The Morgan fingerprint density at radius 3 is 1.92 bits per heavy atom. The first-order valence-corrected chi connectivity index (χ1v) is 3.75. The van der Waals surface area contributed by atoms with E-state index in [9.17, 15) is 22.0 Å². The standard InChI is InChI=1S/C7H9F5/c1-2-4-3-5(4)6(8,9)7(10,11)12/h4-5H,2-3H2,1H3. The Morgan fingerprint density at radius 2 is 1.67 bits per heavy atom. The highest BCUT2D eigenvalue weighted by atomic mass is 19.4. The van der Waals surface area contributed by atoms with Crippen molar-refractivity contribution in [1.29, 1.82) is 0 Å². The Kier molecular flexibility index (Phi) is 2.08. The lowest BCUT2D eigenvalue weighted by molar-refractivity contribution is -0.292. The topological polar surface area (TPSA) is 0 Å². The lowest BCUT2D eigenvalue weighted by atomic mass is 10.1. The first-order valence-electron chi connectivity index (χ1n) is 3.75. The van der Waals surface area contributed by atoms with E-state index >= 15 is 0 Å². The third-order valence-electron chi connectivity index (χ3n) is 2.29. The molecule has 12 heavy (non-hydrogen) atoms. The van der Waals surface area contributed by atoms with Crippen molar-refractivity contribution in [2.75, 3.05) is 0 Å². The average Bonchev–Trinajstić information content (AvgIpc) is 2.62. The average molecular weight is 188 g/mol. The molecule has 0 nitrogen and oxygen atoms in total. The zero-order chi connectivity index (χ0) is 9.57. The fraction of sp³-hybridized carbons (Fsp3) is 1.00. The molecule has 0 saturated heterocycles. The number of rotatable bonds is 2. The fourth-order valence-electron chi connectivity index (χ4n) is 1.35. The minimum absolute atomic E-state index is 0.00299. The highest BCUT2D eigenvalue weighted by molar-refractivity contribution is 4.98. The molecule has 0 bridgehead atoms. The lowest BCUT2D eigenvalue weighted by Gasteiger charge is -2.19. The Hall–Kier alpha value is -0.350. The van der Waals surface area contributed by atoms with Crippen molar-refractivity contribution in [3.8, 4) is 0 Å². The molecule has 0 aromatic rings. The fourth-order valence-corrected chi connectivity index (χ4v) is 1.35. The van der Waals surface area contributed by atoms with E-state index in [0.717, 1.165) is 0 Å². The van der Waals surface area contributed by atoms with Crippen LogP contribution >= 0.6 is 0 Å². The Labute approximate surface area is 66.8 Å². The van der Waals surface area contributed by atoms with Crippen LogP contribution in [0.2, 0.25) is 0 Å². The molecular formula is C7H9F5. The van der Waals surface area contributed by atoms with E-state index < -0.39 is 23.9 Å². The summed E-state index contributed by atoms with van der Waals surface area (Å²) < 4.78 is 59.9. The monoisotopic (exact) mass is 188 g/mol. The maximum absolute atomic E-state index is 12.4. The molecule has 1 aliphatic carbocycles. The molecule has 0 heterocycles. The van der Waals surface area contributed by atoms with Crippen molar-refractivity contribution in [1.82, 2.24) is 0 Å². The van der Waals surface area contributed by atoms with Crippen LogP contribution in [0.3, 0.4) is 0 Å². The molecule has 1 aliphatic rings. The summed E-state index contributed by atoms with van der Waals surface area (Å²) in [4.78, 5) is 0. The SMILES string of the molecule is CCC1CC1C(F)(F)C(F)(F)F. The molecular weight excluding hydrogens is 179 g/mol. The lowest BCUT2D eigenvalue weighted by Crippen LogP contribution is -2.39. The van der Waals surface area contributed by atoms with Crippen molar-refractivity contribution < 1.29 is 22.0 Å². The van der Waals surface area contributed by atoms with Gasteiger partial charge in [-0.2, -0.15) is 22.0 Å². The zero-order valence-electron chi connectivity index (χ0n) is 6.46. The first kappa shape index (κ1) is 9.74. The molecule has 72 valence electrons. The molecule has 1 saturated carbocycles. The normalized spacial score (nSPS) is 30.5. The van der Waals surface area contributed by atoms with Crippen LogP contribution in [0.5, 0.6) is 0 Å². The molecule has 0 aromatic heterocycles. The van der Waals surface area contributed by atoms with Crippen molar-refractivity contribution >= 4 is 0 Å². The second-order valence-electron chi connectivity index (χ2n) is 3.13. The maximum Gasteiger partial charge on any atom is 0.453 e. The zero-order valence-corrected chi connectivity index (χ0v) is 6.46. The van der Waals surface area contributed by atoms with E-state index in [2.05, 4.69) is 0 Å². The molecule has 0 radical (unpaired) electrons. The quantitative estimate of drug-likeness (QED) is 0.583. The van der Waals surface area contributed by atoms with Crippen LogP contribution in [0.4, 0.5) is 22.0 Å². The molecule has 0 spiro atoms. The van der Waals surface area contributed by atoms with Gasteiger partial charge in [0.05, 0.1) is 0 Å². The van der Waals surface area contributed by atoms with Gasteiger partial charge >= 0.3 is 12.1 Å². The van der Waals surface area contributed by atoms with E-state index in [1.807, 2.05) is 0 Å². The summed E-state index contributed by atoms with van der Waals surface area (Å²) in [6.07, 6.45) is -4.97. The second-order valence-corrected chi connectivity index (χ2v) is 3.13. The van der Waals surface area contributed by atoms with Crippen molar-refractivity contribution in [3.05, 3.63) is 0 Å². The molecule has 5 heteroatoms. The van der Waals surface area contributed by atoms with Gasteiger partial charge in [0.15, 0.2) is 0 Å². The molecule has 1 rings (SSSR count). The molecule has 2 atom stereocenters. The van der Waals surface area contributed by atoms with Gasteiger partial charge in [0.1, 0.15) is 0 Å². The van der Waals surface area contributed by atoms with E-state index in [1.54, 1.807) is 6.92 Å². The van der Waals surface area contributed by atoms with Crippen LogP contribution in [0.15, 0.2) is 0 Å². The number of alkyl halides is 5. The molecule has 0 aliphatic heterocycles.